The Kier molecular flexibility index (Phi) is 7.62. The van der Waals surface area contributed by atoms with Gasteiger partial charge in [0.2, 0.25) is 5.91 Å². The van der Waals surface area contributed by atoms with Gasteiger partial charge in [-0.1, -0.05) is 30.3 Å². The second-order valence-corrected chi connectivity index (χ2v) is 10.1. The highest BCUT2D eigenvalue weighted by atomic mass is 19.4. The molecule has 3 heterocycles. The Bertz CT molecular complexity index is 1280. The van der Waals surface area contributed by atoms with E-state index in [-0.39, 0.29) is 23.6 Å². The number of carbonyl (C=O) groups is 1. The molecule has 2 aliphatic rings. The molecule has 1 aromatic heterocycles. The van der Waals surface area contributed by atoms with Crippen LogP contribution in [0.4, 0.5) is 26.3 Å². The van der Waals surface area contributed by atoms with Gasteiger partial charge in [-0.2, -0.15) is 31.4 Å². The van der Waals surface area contributed by atoms with Gasteiger partial charge in [-0.05, 0) is 48.6 Å². The van der Waals surface area contributed by atoms with E-state index in [0.29, 0.717) is 44.5 Å². The lowest BCUT2D eigenvalue weighted by Gasteiger charge is -2.42. The smallest absolute Gasteiger partial charge is 0.371 e. The predicted molar refractivity (Wildman–Crippen MR) is 130 cm³/mol. The van der Waals surface area contributed by atoms with Crippen LogP contribution in [0.1, 0.15) is 41.5 Å². The summed E-state index contributed by atoms with van der Waals surface area (Å²) in [5, 5.41) is 10.5. The lowest BCUT2D eigenvalue weighted by molar-refractivity contribution is -0.143. The van der Waals surface area contributed by atoms with Crippen LogP contribution in [0.15, 0.2) is 61.2 Å². The second kappa shape index (κ2) is 10.8. The number of benzene rings is 2. The minimum absolute atomic E-state index is 0.102. The van der Waals surface area contributed by atoms with Crippen LogP contribution in [0.2, 0.25) is 0 Å². The highest BCUT2D eigenvalue weighted by Crippen LogP contribution is 2.48. The fourth-order valence-corrected chi connectivity index (χ4v) is 5.75. The highest BCUT2D eigenvalue weighted by Gasteiger charge is 2.56. The molecule has 2 aliphatic heterocycles. The molecule has 4 atom stereocenters. The number of hydrogen-bond donors (Lipinski definition) is 2. The van der Waals surface area contributed by atoms with Crippen LogP contribution in [-0.2, 0) is 40.6 Å². The maximum Gasteiger partial charge on any atom is 0.416 e. The number of nitrogens with zero attached hydrogens (tertiary/aromatic N) is 3. The average Bonchev–Trinajstić information content (AvgIpc) is 3.54. The van der Waals surface area contributed by atoms with E-state index in [1.165, 1.54) is 6.33 Å². The van der Waals surface area contributed by atoms with Crippen LogP contribution in [0.3, 0.4) is 0 Å². The van der Waals surface area contributed by atoms with Gasteiger partial charge in [0.05, 0.1) is 41.8 Å². The summed E-state index contributed by atoms with van der Waals surface area (Å²) in [7, 11) is 0. The fraction of sp³-hybridized carbons (Fsp3) is 0.444. The molecule has 0 saturated carbocycles. The largest absolute Gasteiger partial charge is 0.416 e. The minimum Gasteiger partial charge on any atom is -0.371 e. The van der Waals surface area contributed by atoms with Gasteiger partial charge >= 0.3 is 12.4 Å². The zero-order valence-electron chi connectivity index (χ0n) is 21.2. The molecular formula is C27H27F6N5O2. The van der Waals surface area contributed by atoms with Crippen molar-refractivity contribution in [3.63, 3.8) is 0 Å². The maximum absolute atomic E-state index is 13.4. The Hall–Kier alpha value is -3.45. The summed E-state index contributed by atoms with van der Waals surface area (Å²) in [6.45, 7) is 0.344. The van der Waals surface area contributed by atoms with Crippen molar-refractivity contribution in [3.8, 4) is 0 Å². The Morgan fingerprint density at radius 2 is 1.75 bits per heavy atom. The molecule has 0 aliphatic carbocycles. The quantitative estimate of drug-likeness (QED) is 0.387. The number of piperidine rings is 1. The van der Waals surface area contributed by atoms with Crippen molar-refractivity contribution in [2.45, 2.75) is 62.5 Å². The Morgan fingerprint density at radius 1 is 1.05 bits per heavy atom. The minimum atomic E-state index is -4.94. The number of ether oxygens (including phenoxy) is 1. The standard InChI is InChI=1S/C27H27F6N5O2/c28-26(29,30)19-10-17(11-20(12-19)27(31,32)33)14-40-23-7-6-22-21(24(39)35-8-9-38-16-34-15-36-38)13-25(23,37-22)18-4-2-1-3-5-18/h1-5,10-12,15-16,21-23,37H,6-9,13-14H2,(H,35,39). The van der Waals surface area contributed by atoms with Gasteiger partial charge in [0.25, 0.3) is 0 Å². The van der Waals surface area contributed by atoms with Crippen molar-refractivity contribution in [2.75, 3.05) is 6.54 Å². The van der Waals surface area contributed by atoms with Gasteiger partial charge in [0, 0.05) is 12.6 Å². The van der Waals surface area contributed by atoms with Gasteiger partial charge < -0.3 is 15.4 Å². The highest BCUT2D eigenvalue weighted by molar-refractivity contribution is 5.80. The summed E-state index contributed by atoms with van der Waals surface area (Å²) in [5.74, 6) is -0.557. The van der Waals surface area contributed by atoms with Crippen molar-refractivity contribution in [1.29, 1.82) is 0 Å². The summed E-state index contributed by atoms with van der Waals surface area (Å²) >= 11 is 0. The van der Waals surface area contributed by atoms with Gasteiger partial charge in [-0.15, -0.1) is 0 Å². The molecule has 2 fully saturated rings. The number of halogens is 6. The van der Waals surface area contributed by atoms with E-state index in [1.807, 2.05) is 30.3 Å². The zero-order chi connectivity index (χ0) is 28.5. The molecule has 5 rings (SSSR count). The molecule has 2 aromatic carbocycles. The summed E-state index contributed by atoms with van der Waals surface area (Å²) in [5.41, 5.74) is -3.00. The SMILES string of the molecule is O=C(NCCn1cncn1)C1CC2(c3ccccc3)NC1CCC2OCc1cc(C(F)(F)F)cc(C(F)(F)F)c1. The molecule has 40 heavy (non-hydrogen) atoms. The summed E-state index contributed by atoms with van der Waals surface area (Å²) < 4.78 is 87.9. The normalized spacial score (nSPS) is 24.7. The van der Waals surface area contributed by atoms with E-state index in [9.17, 15) is 31.1 Å². The monoisotopic (exact) mass is 567 g/mol. The van der Waals surface area contributed by atoms with E-state index in [2.05, 4.69) is 20.7 Å². The number of fused-ring (bicyclic) bond motifs is 2. The van der Waals surface area contributed by atoms with Crippen molar-refractivity contribution in [2.24, 2.45) is 5.92 Å². The van der Waals surface area contributed by atoms with Crippen LogP contribution in [0.5, 0.6) is 0 Å². The first kappa shape index (κ1) is 28.1. The van der Waals surface area contributed by atoms with Gasteiger partial charge in [0.15, 0.2) is 0 Å². The molecule has 214 valence electrons. The van der Waals surface area contributed by atoms with Crippen LogP contribution < -0.4 is 10.6 Å². The van der Waals surface area contributed by atoms with Crippen molar-refractivity contribution >= 4 is 5.91 Å². The lowest BCUT2D eigenvalue weighted by atomic mass is 9.80. The molecule has 2 saturated heterocycles. The number of hydrogen-bond acceptors (Lipinski definition) is 5. The first-order valence-corrected chi connectivity index (χ1v) is 12.8. The van der Waals surface area contributed by atoms with Gasteiger partial charge in [-0.25, -0.2) is 4.98 Å². The van der Waals surface area contributed by atoms with E-state index < -0.39 is 47.6 Å². The van der Waals surface area contributed by atoms with Crippen LogP contribution >= 0.6 is 0 Å². The Balaban J connectivity index is 1.36. The third-order valence-electron chi connectivity index (χ3n) is 7.59. The molecule has 13 heteroatoms. The van der Waals surface area contributed by atoms with E-state index >= 15 is 0 Å². The molecule has 1 amide bonds. The fourth-order valence-electron chi connectivity index (χ4n) is 5.75. The molecular weight excluding hydrogens is 540 g/mol. The molecule has 2 bridgehead atoms. The molecule has 0 spiro atoms. The number of amides is 1. The number of nitrogens with one attached hydrogen (secondary N) is 2. The van der Waals surface area contributed by atoms with Crippen molar-refractivity contribution < 1.29 is 35.9 Å². The topological polar surface area (TPSA) is 81.1 Å². The number of aromatic nitrogens is 3. The third-order valence-corrected chi connectivity index (χ3v) is 7.59. The average molecular weight is 568 g/mol. The van der Waals surface area contributed by atoms with E-state index in [1.54, 1.807) is 11.0 Å². The van der Waals surface area contributed by atoms with Crippen molar-refractivity contribution in [3.05, 3.63) is 83.4 Å². The first-order chi connectivity index (χ1) is 19.0. The number of rotatable bonds is 8. The van der Waals surface area contributed by atoms with Crippen LogP contribution in [0.25, 0.3) is 0 Å². The molecule has 3 aromatic rings. The second-order valence-electron chi connectivity index (χ2n) is 10.1. The molecule has 7 nitrogen and oxygen atoms in total. The summed E-state index contributed by atoms with van der Waals surface area (Å²) in [6, 6.07) is 10.6. The Labute approximate surface area is 225 Å². The number of carbonyl (C=O) groups excluding carboxylic acids is 1. The molecule has 0 radical (unpaired) electrons. The number of alkyl halides is 6. The summed E-state index contributed by atoms with van der Waals surface area (Å²) in [6.07, 6.45) is -6.15. The van der Waals surface area contributed by atoms with Gasteiger partial charge in [-0.3, -0.25) is 9.48 Å². The van der Waals surface area contributed by atoms with E-state index in [4.69, 9.17) is 4.74 Å². The molecule has 2 N–H and O–H groups in total. The predicted octanol–water partition coefficient (Wildman–Crippen LogP) is 4.68. The third kappa shape index (κ3) is 5.85. The lowest BCUT2D eigenvalue weighted by Crippen LogP contribution is -2.54. The zero-order valence-corrected chi connectivity index (χ0v) is 21.2. The van der Waals surface area contributed by atoms with Gasteiger partial charge in [0.1, 0.15) is 12.7 Å². The van der Waals surface area contributed by atoms with E-state index in [0.717, 1.165) is 5.56 Å². The van der Waals surface area contributed by atoms with Crippen LogP contribution in [-0.4, -0.2) is 39.4 Å². The summed E-state index contributed by atoms with van der Waals surface area (Å²) in [4.78, 5) is 17.1. The van der Waals surface area contributed by atoms with Crippen LogP contribution in [0, 0.1) is 5.92 Å². The molecule has 4 unspecified atom stereocenters. The van der Waals surface area contributed by atoms with Crippen molar-refractivity contribution in [1.82, 2.24) is 25.4 Å². The Morgan fingerprint density at radius 3 is 2.38 bits per heavy atom. The maximum atomic E-state index is 13.4. The first-order valence-electron chi connectivity index (χ1n) is 12.8.